The molecule has 0 aromatic heterocycles. The van der Waals surface area contributed by atoms with E-state index >= 15 is 0 Å². The second kappa shape index (κ2) is 4.23. The Morgan fingerprint density at radius 2 is 2.00 bits per heavy atom. The first-order valence-corrected chi connectivity index (χ1v) is 3.36. The second-order valence-corrected chi connectivity index (χ2v) is 2.64. The van der Waals surface area contributed by atoms with Crippen molar-refractivity contribution in [3.63, 3.8) is 0 Å². The topological polar surface area (TPSA) is 37.3 Å². The molecule has 0 saturated carbocycles. The van der Waals surface area contributed by atoms with Gasteiger partial charge in [-0.1, -0.05) is 11.6 Å². The molecule has 0 aromatic carbocycles. The van der Waals surface area contributed by atoms with Gasteiger partial charge in [0.2, 0.25) is 0 Å². The smallest absolute Gasteiger partial charge is 0.158 e. The molecule has 10 heavy (non-hydrogen) atoms. The minimum absolute atomic E-state index is 0.169. The quantitative estimate of drug-likeness (QED) is 0.603. The number of allylic oxidation sites excluding steroid dienone is 1. The zero-order chi connectivity index (χ0) is 8.15. The van der Waals surface area contributed by atoms with Crippen LogP contribution in [0.3, 0.4) is 0 Å². The summed E-state index contributed by atoms with van der Waals surface area (Å²) in [5, 5.41) is 8.98. The van der Waals surface area contributed by atoms with Gasteiger partial charge in [-0.15, -0.1) is 0 Å². The van der Waals surface area contributed by atoms with E-state index in [4.69, 9.17) is 5.11 Å². The van der Waals surface area contributed by atoms with Crippen LogP contribution in [0.2, 0.25) is 0 Å². The Kier molecular flexibility index (Phi) is 3.96. The summed E-state index contributed by atoms with van der Waals surface area (Å²) in [4.78, 5) is 10.5. The number of aliphatic hydroxyl groups excluding tert-OH is 1. The largest absolute Gasteiger partial charge is 0.385 e. The predicted molar refractivity (Wildman–Crippen MR) is 40.7 cm³/mol. The average Bonchev–Trinajstić information content (AvgIpc) is 1.82. The van der Waals surface area contributed by atoms with Crippen molar-refractivity contribution in [2.45, 2.75) is 33.3 Å². The summed E-state index contributed by atoms with van der Waals surface area (Å²) in [6.07, 6.45) is 1.49. The summed E-state index contributed by atoms with van der Waals surface area (Å²) in [6.45, 7) is 5.27. The first kappa shape index (κ1) is 9.37. The molecule has 0 saturated heterocycles. The summed E-state index contributed by atoms with van der Waals surface area (Å²) < 4.78 is 0. The Morgan fingerprint density at radius 3 is 2.30 bits per heavy atom. The molecule has 0 radical (unpaired) electrons. The molecule has 0 aliphatic rings. The Hall–Kier alpha value is -0.630. The van der Waals surface area contributed by atoms with Crippen LogP contribution in [0.25, 0.3) is 0 Å². The van der Waals surface area contributed by atoms with Gasteiger partial charge in [-0.3, -0.25) is 4.79 Å². The average molecular weight is 142 g/mol. The third-order valence-electron chi connectivity index (χ3n) is 1.22. The van der Waals surface area contributed by atoms with Crippen molar-refractivity contribution >= 4 is 5.78 Å². The Balaban J connectivity index is 3.70. The summed E-state index contributed by atoms with van der Waals surface area (Å²) in [6, 6.07) is 0. The molecule has 0 aliphatic heterocycles. The molecule has 0 rings (SSSR count). The molecule has 0 aromatic rings. The number of rotatable bonds is 3. The van der Waals surface area contributed by atoms with E-state index in [1.54, 1.807) is 0 Å². The molecule has 2 heteroatoms. The second-order valence-electron chi connectivity index (χ2n) is 2.64. The summed E-state index contributed by atoms with van der Waals surface area (Å²) in [5.74, 6) is -0.169. The van der Waals surface area contributed by atoms with Crippen molar-refractivity contribution < 1.29 is 9.90 Å². The minimum Gasteiger partial charge on any atom is -0.385 e. The molecule has 2 nitrogen and oxygen atoms in total. The van der Waals surface area contributed by atoms with Crippen LogP contribution < -0.4 is 0 Å². The summed E-state index contributed by atoms with van der Waals surface area (Å²) in [5.41, 5.74) is 1.13. The number of carbonyl (C=O) groups excluding carboxylic acids is 1. The fourth-order valence-electron chi connectivity index (χ4n) is 0.513. The van der Waals surface area contributed by atoms with Crippen molar-refractivity contribution in [3.8, 4) is 0 Å². The van der Waals surface area contributed by atoms with E-state index in [0.717, 1.165) is 5.57 Å². The van der Waals surface area contributed by atoms with Crippen molar-refractivity contribution in [2.75, 3.05) is 0 Å². The SMILES string of the molecule is CC(=O)[C@H](O)CC=C(C)C. The van der Waals surface area contributed by atoms with Gasteiger partial charge >= 0.3 is 0 Å². The summed E-state index contributed by atoms with van der Waals surface area (Å²) >= 11 is 0. The third kappa shape index (κ3) is 4.27. The molecule has 0 spiro atoms. The van der Waals surface area contributed by atoms with E-state index in [2.05, 4.69) is 0 Å². The maximum Gasteiger partial charge on any atom is 0.158 e. The molecule has 1 N–H and O–H groups in total. The Morgan fingerprint density at radius 1 is 1.50 bits per heavy atom. The molecule has 1 atom stereocenters. The van der Waals surface area contributed by atoms with E-state index < -0.39 is 6.10 Å². The molecule has 0 fully saturated rings. The van der Waals surface area contributed by atoms with E-state index in [0.29, 0.717) is 6.42 Å². The van der Waals surface area contributed by atoms with Gasteiger partial charge in [0.05, 0.1) is 0 Å². The Bertz CT molecular complexity index is 143. The van der Waals surface area contributed by atoms with Crippen LogP contribution in [0.4, 0.5) is 0 Å². The van der Waals surface area contributed by atoms with Crippen LogP contribution in [0.5, 0.6) is 0 Å². The maximum absolute atomic E-state index is 10.5. The fraction of sp³-hybridized carbons (Fsp3) is 0.625. The standard InChI is InChI=1S/C8H14O2/c1-6(2)4-5-8(10)7(3)9/h4,8,10H,5H2,1-3H3/t8-/m1/s1. The molecule has 0 amide bonds. The van der Waals surface area contributed by atoms with Gasteiger partial charge in [-0.2, -0.15) is 0 Å². The van der Waals surface area contributed by atoms with Gasteiger partial charge < -0.3 is 5.11 Å². The molecule has 0 heterocycles. The molecular weight excluding hydrogens is 128 g/mol. The normalized spacial score (nSPS) is 12.4. The first-order valence-electron chi connectivity index (χ1n) is 3.36. The van der Waals surface area contributed by atoms with Crippen molar-refractivity contribution in [3.05, 3.63) is 11.6 Å². The van der Waals surface area contributed by atoms with E-state index in [1.807, 2.05) is 19.9 Å². The molecule has 58 valence electrons. The van der Waals surface area contributed by atoms with Crippen LogP contribution in [0, 0.1) is 0 Å². The number of hydrogen-bond acceptors (Lipinski definition) is 2. The van der Waals surface area contributed by atoms with Gasteiger partial charge in [0.25, 0.3) is 0 Å². The molecule has 0 aliphatic carbocycles. The lowest BCUT2D eigenvalue weighted by atomic mass is 10.1. The maximum atomic E-state index is 10.5. The highest BCUT2D eigenvalue weighted by molar-refractivity contribution is 5.80. The number of aliphatic hydroxyl groups is 1. The van der Waals surface area contributed by atoms with Crippen LogP contribution in [-0.2, 0) is 4.79 Å². The van der Waals surface area contributed by atoms with E-state index in [1.165, 1.54) is 6.92 Å². The van der Waals surface area contributed by atoms with Crippen molar-refractivity contribution in [1.82, 2.24) is 0 Å². The fourth-order valence-corrected chi connectivity index (χ4v) is 0.513. The number of carbonyl (C=O) groups is 1. The minimum atomic E-state index is -0.810. The predicted octanol–water partition coefficient (Wildman–Crippen LogP) is 1.29. The van der Waals surface area contributed by atoms with Crippen LogP contribution in [-0.4, -0.2) is 17.0 Å². The van der Waals surface area contributed by atoms with E-state index in [9.17, 15) is 4.79 Å². The number of Topliss-reactive ketones (excluding diaryl/α,β-unsaturated/α-hetero) is 1. The van der Waals surface area contributed by atoms with Crippen LogP contribution >= 0.6 is 0 Å². The van der Waals surface area contributed by atoms with Crippen LogP contribution in [0.15, 0.2) is 11.6 Å². The lowest BCUT2D eigenvalue weighted by Gasteiger charge is -2.01. The molecule has 0 bridgehead atoms. The highest BCUT2D eigenvalue weighted by Crippen LogP contribution is 1.98. The Labute approximate surface area is 61.6 Å². The highest BCUT2D eigenvalue weighted by Gasteiger charge is 2.05. The highest BCUT2D eigenvalue weighted by atomic mass is 16.3. The van der Waals surface area contributed by atoms with Crippen LogP contribution in [0.1, 0.15) is 27.2 Å². The van der Waals surface area contributed by atoms with Gasteiger partial charge in [0, 0.05) is 0 Å². The summed E-state index contributed by atoms with van der Waals surface area (Å²) in [7, 11) is 0. The van der Waals surface area contributed by atoms with Gasteiger partial charge in [0.15, 0.2) is 5.78 Å². The lowest BCUT2D eigenvalue weighted by molar-refractivity contribution is -0.124. The number of ketones is 1. The van der Waals surface area contributed by atoms with Crippen molar-refractivity contribution in [1.29, 1.82) is 0 Å². The van der Waals surface area contributed by atoms with Gasteiger partial charge in [-0.05, 0) is 27.2 Å². The van der Waals surface area contributed by atoms with Gasteiger partial charge in [-0.25, -0.2) is 0 Å². The zero-order valence-electron chi connectivity index (χ0n) is 6.72. The lowest BCUT2D eigenvalue weighted by Crippen LogP contribution is -2.15. The van der Waals surface area contributed by atoms with E-state index in [-0.39, 0.29) is 5.78 Å². The first-order chi connectivity index (χ1) is 4.54. The van der Waals surface area contributed by atoms with Gasteiger partial charge in [0.1, 0.15) is 6.10 Å². The molecular formula is C8H14O2. The third-order valence-corrected chi connectivity index (χ3v) is 1.22. The number of hydrogen-bond donors (Lipinski definition) is 1. The molecule has 0 unspecified atom stereocenters. The zero-order valence-corrected chi connectivity index (χ0v) is 6.72. The monoisotopic (exact) mass is 142 g/mol. The van der Waals surface area contributed by atoms with Crippen molar-refractivity contribution in [2.24, 2.45) is 0 Å².